The molecule has 0 fully saturated rings. The molecule has 1 rings (SSSR count). The fourth-order valence-electron chi connectivity index (χ4n) is 2.31. The maximum atomic E-state index is 12.0. The van der Waals surface area contributed by atoms with Gasteiger partial charge in [-0.25, -0.2) is 0 Å². The standard InChI is InChI=1S/C15H25N3O3/c1-9(2)8-18-12(5)13(11(4)17-18)7-14(19)16-10(3)6-15(20)21/h9-10H,6-8H2,1-5H3,(H,16,19)(H,20,21). The number of hydrogen-bond donors (Lipinski definition) is 2. The van der Waals surface area contributed by atoms with Crippen molar-refractivity contribution in [3.8, 4) is 0 Å². The summed E-state index contributed by atoms with van der Waals surface area (Å²) < 4.78 is 1.93. The predicted octanol–water partition coefficient (Wildman–Crippen LogP) is 1.68. The number of carbonyl (C=O) groups excluding carboxylic acids is 1. The van der Waals surface area contributed by atoms with Gasteiger partial charge in [-0.3, -0.25) is 14.3 Å². The van der Waals surface area contributed by atoms with Crippen LogP contribution in [0.3, 0.4) is 0 Å². The van der Waals surface area contributed by atoms with Gasteiger partial charge in [-0.05, 0) is 26.7 Å². The minimum atomic E-state index is -0.917. The minimum Gasteiger partial charge on any atom is -0.481 e. The van der Waals surface area contributed by atoms with Gasteiger partial charge in [-0.1, -0.05) is 13.8 Å². The minimum absolute atomic E-state index is 0.0731. The summed E-state index contributed by atoms with van der Waals surface area (Å²) in [6, 6.07) is -0.374. The molecule has 0 aliphatic rings. The number of carbonyl (C=O) groups is 2. The van der Waals surface area contributed by atoms with Crippen LogP contribution in [0.25, 0.3) is 0 Å². The first-order chi connectivity index (χ1) is 9.70. The lowest BCUT2D eigenvalue weighted by molar-refractivity contribution is -0.137. The number of rotatable bonds is 7. The van der Waals surface area contributed by atoms with Crippen molar-refractivity contribution in [2.75, 3.05) is 0 Å². The van der Waals surface area contributed by atoms with E-state index in [9.17, 15) is 9.59 Å². The monoisotopic (exact) mass is 295 g/mol. The number of carboxylic acid groups (broad SMARTS) is 1. The van der Waals surface area contributed by atoms with E-state index in [1.807, 2.05) is 18.5 Å². The van der Waals surface area contributed by atoms with E-state index in [0.717, 1.165) is 23.5 Å². The van der Waals surface area contributed by atoms with Crippen LogP contribution in [0.5, 0.6) is 0 Å². The van der Waals surface area contributed by atoms with Gasteiger partial charge in [-0.15, -0.1) is 0 Å². The Morgan fingerprint density at radius 1 is 1.29 bits per heavy atom. The van der Waals surface area contributed by atoms with Crippen molar-refractivity contribution < 1.29 is 14.7 Å². The van der Waals surface area contributed by atoms with Crippen LogP contribution in [0.1, 0.15) is 44.1 Å². The van der Waals surface area contributed by atoms with Crippen LogP contribution in [0.2, 0.25) is 0 Å². The fourth-order valence-corrected chi connectivity index (χ4v) is 2.31. The Labute approximate surface area is 125 Å². The normalized spacial score (nSPS) is 12.5. The quantitative estimate of drug-likeness (QED) is 0.801. The summed E-state index contributed by atoms with van der Waals surface area (Å²) in [6.07, 6.45) is 0.163. The molecule has 0 aromatic carbocycles. The second-order valence-corrected chi connectivity index (χ2v) is 5.97. The van der Waals surface area contributed by atoms with Gasteiger partial charge in [0.05, 0.1) is 18.5 Å². The van der Waals surface area contributed by atoms with Crippen LogP contribution < -0.4 is 5.32 Å². The van der Waals surface area contributed by atoms with Gasteiger partial charge in [0.2, 0.25) is 5.91 Å². The van der Waals surface area contributed by atoms with Gasteiger partial charge in [0.15, 0.2) is 0 Å². The van der Waals surface area contributed by atoms with E-state index < -0.39 is 5.97 Å². The highest BCUT2D eigenvalue weighted by molar-refractivity contribution is 5.80. The van der Waals surface area contributed by atoms with Crippen molar-refractivity contribution in [1.82, 2.24) is 15.1 Å². The lowest BCUT2D eigenvalue weighted by atomic mass is 10.1. The summed E-state index contributed by atoms with van der Waals surface area (Å²) >= 11 is 0. The fraction of sp³-hybridized carbons (Fsp3) is 0.667. The van der Waals surface area contributed by atoms with Crippen LogP contribution >= 0.6 is 0 Å². The highest BCUT2D eigenvalue weighted by atomic mass is 16.4. The molecule has 0 aliphatic carbocycles. The SMILES string of the molecule is Cc1nn(CC(C)C)c(C)c1CC(=O)NC(C)CC(=O)O. The predicted molar refractivity (Wildman–Crippen MR) is 80.1 cm³/mol. The zero-order chi connectivity index (χ0) is 16.2. The average Bonchev–Trinajstić information content (AvgIpc) is 2.54. The number of carboxylic acids is 1. The van der Waals surface area contributed by atoms with Crippen LogP contribution in [-0.4, -0.2) is 32.8 Å². The first-order valence-electron chi connectivity index (χ1n) is 7.24. The van der Waals surface area contributed by atoms with Crippen molar-refractivity contribution >= 4 is 11.9 Å². The van der Waals surface area contributed by atoms with Gasteiger partial charge >= 0.3 is 5.97 Å². The molecule has 0 saturated carbocycles. The maximum absolute atomic E-state index is 12.0. The number of nitrogens with zero attached hydrogens (tertiary/aromatic N) is 2. The topological polar surface area (TPSA) is 84.2 Å². The number of hydrogen-bond acceptors (Lipinski definition) is 3. The molecule has 0 radical (unpaired) electrons. The maximum Gasteiger partial charge on any atom is 0.305 e. The number of nitrogens with one attached hydrogen (secondary N) is 1. The third-order valence-corrected chi connectivity index (χ3v) is 3.29. The van der Waals surface area contributed by atoms with Crippen LogP contribution in [0, 0.1) is 19.8 Å². The molecule has 1 atom stereocenters. The number of aliphatic carboxylic acids is 1. The van der Waals surface area contributed by atoms with Crippen molar-refractivity contribution in [3.05, 3.63) is 17.0 Å². The Balaban J connectivity index is 2.72. The molecule has 1 unspecified atom stereocenters. The average molecular weight is 295 g/mol. The molecule has 0 spiro atoms. The molecule has 1 heterocycles. The Kier molecular flexibility index (Phi) is 5.93. The molecule has 6 nitrogen and oxygen atoms in total. The molecule has 1 amide bonds. The second kappa shape index (κ2) is 7.24. The Morgan fingerprint density at radius 3 is 2.43 bits per heavy atom. The Morgan fingerprint density at radius 2 is 1.90 bits per heavy atom. The molecule has 2 N–H and O–H groups in total. The summed E-state index contributed by atoms with van der Waals surface area (Å²) in [6.45, 7) is 10.6. The Bertz CT molecular complexity index is 520. The van der Waals surface area contributed by atoms with E-state index in [0.29, 0.717) is 5.92 Å². The summed E-state index contributed by atoms with van der Waals surface area (Å²) in [5, 5.41) is 15.9. The molecule has 21 heavy (non-hydrogen) atoms. The Hall–Kier alpha value is -1.85. The largest absolute Gasteiger partial charge is 0.481 e. The first kappa shape index (κ1) is 17.2. The van der Waals surface area contributed by atoms with Gasteiger partial charge < -0.3 is 10.4 Å². The summed E-state index contributed by atoms with van der Waals surface area (Å²) in [5.74, 6) is -0.598. The molecule has 118 valence electrons. The zero-order valence-corrected chi connectivity index (χ0v) is 13.4. The van der Waals surface area contributed by atoms with E-state index in [4.69, 9.17) is 5.11 Å². The summed E-state index contributed by atoms with van der Waals surface area (Å²) in [5.41, 5.74) is 2.78. The molecule has 6 heteroatoms. The first-order valence-corrected chi connectivity index (χ1v) is 7.24. The number of amides is 1. The van der Waals surface area contributed by atoms with Crippen molar-refractivity contribution in [2.24, 2.45) is 5.92 Å². The van der Waals surface area contributed by atoms with Gasteiger partial charge in [0, 0.05) is 23.8 Å². The zero-order valence-electron chi connectivity index (χ0n) is 13.4. The highest BCUT2D eigenvalue weighted by Gasteiger charge is 2.17. The van der Waals surface area contributed by atoms with Crippen molar-refractivity contribution in [2.45, 2.75) is 60.0 Å². The third-order valence-electron chi connectivity index (χ3n) is 3.29. The third kappa shape index (κ3) is 5.21. The molecule has 0 bridgehead atoms. The molecular formula is C15H25N3O3. The van der Waals surface area contributed by atoms with Crippen LogP contribution in [0.15, 0.2) is 0 Å². The van der Waals surface area contributed by atoms with Crippen LogP contribution in [-0.2, 0) is 22.6 Å². The molecule has 0 aliphatic heterocycles. The highest BCUT2D eigenvalue weighted by Crippen LogP contribution is 2.15. The second-order valence-electron chi connectivity index (χ2n) is 5.97. The van der Waals surface area contributed by atoms with Gasteiger partial charge in [0.1, 0.15) is 0 Å². The molecule has 1 aromatic heterocycles. The number of aryl methyl sites for hydroxylation is 1. The summed E-state index contributed by atoms with van der Waals surface area (Å²) in [7, 11) is 0. The lowest BCUT2D eigenvalue weighted by Crippen LogP contribution is -2.35. The van der Waals surface area contributed by atoms with E-state index in [1.54, 1.807) is 6.92 Å². The van der Waals surface area contributed by atoms with Gasteiger partial charge in [-0.2, -0.15) is 5.10 Å². The van der Waals surface area contributed by atoms with Crippen molar-refractivity contribution in [3.63, 3.8) is 0 Å². The van der Waals surface area contributed by atoms with E-state index in [2.05, 4.69) is 24.3 Å². The van der Waals surface area contributed by atoms with E-state index >= 15 is 0 Å². The molecule has 0 saturated heterocycles. The number of aromatic nitrogens is 2. The van der Waals surface area contributed by atoms with Crippen LogP contribution in [0.4, 0.5) is 0 Å². The van der Waals surface area contributed by atoms with Crippen molar-refractivity contribution in [1.29, 1.82) is 0 Å². The summed E-state index contributed by atoms with van der Waals surface area (Å²) in [4.78, 5) is 22.6. The smallest absolute Gasteiger partial charge is 0.305 e. The van der Waals surface area contributed by atoms with E-state index in [-0.39, 0.29) is 24.8 Å². The lowest BCUT2D eigenvalue weighted by Gasteiger charge is -2.12. The molecular weight excluding hydrogens is 270 g/mol. The van der Waals surface area contributed by atoms with E-state index in [1.165, 1.54) is 0 Å². The van der Waals surface area contributed by atoms with Gasteiger partial charge in [0.25, 0.3) is 0 Å². The molecule has 1 aromatic rings.